The maximum Gasteiger partial charge on any atom is 0.124 e. The monoisotopic (exact) mass is 325 g/mol. The molecule has 3 unspecified atom stereocenters. The standard InChI is InChI=1S/C20H20ClNO/c1-2-23-18-12-4-3-7-16(18)19-14-9-5-8-13(14)15-10-6-11-17(21)20(15)22-19/h3-8,10-14,19,22H,2,9H2,1H3. The van der Waals surface area contributed by atoms with Crippen LogP contribution < -0.4 is 10.1 Å². The second-order valence-electron chi connectivity index (χ2n) is 6.15. The van der Waals surface area contributed by atoms with Crippen LogP contribution in [0, 0.1) is 5.92 Å². The van der Waals surface area contributed by atoms with Gasteiger partial charge in [0, 0.05) is 11.5 Å². The van der Waals surface area contributed by atoms with Crippen LogP contribution in [0.2, 0.25) is 5.02 Å². The molecule has 0 saturated carbocycles. The number of para-hydroxylation sites is 2. The Kier molecular flexibility index (Phi) is 3.78. The van der Waals surface area contributed by atoms with Crippen molar-refractivity contribution in [2.75, 3.05) is 11.9 Å². The number of hydrogen-bond acceptors (Lipinski definition) is 2. The lowest BCUT2D eigenvalue weighted by molar-refractivity contribution is 0.326. The zero-order valence-corrected chi connectivity index (χ0v) is 13.9. The van der Waals surface area contributed by atoms with E-state index in [1.807, 2.05) is 25.1 Å². The van der Waals surface area contributed by atoms with Crippen molar-refractivity contribution >= 4 is 17.3 Å². The highest BCUT2D eigenvalue weighted by atomic mass is 35.5. The molecular formula is C20H20ClNO. The minimum atomic E-state index is 0.213. The molecule has 23 heavy (non-hydrogen) atoms. The SMILES string of the molecule is CCOc1ccccc1C1Nc2c(Cl)cccc2C2C=CCC21. The van der Waals surface area contributed by atoms with E-state index in [1.165, 1.54) is 11.1 Å². The van der Waals surface area contributed by atoms with Crippen molar-refractivity contribution in [2.45, 2.75) is 25.3 Å². The van der Waals surface area contributed by atoms with Gasteiger partial charge in [0.2, 0.25) is 0 Å². The summed E-state index contributed by atoms with van der Waals surface area (Å²) in [7, 11) is 0. The predicted octanol–water partition coefficient (Wildman–Crippen LogP) is 5.57. The summed E-state index contributed by atoms with van der Waals surface area (Å²) in [5, 5.41) is 4.49. The Bertz CT molecular complexity index is 755. The fourth-order valence-electron chi connectivity index (χ4n) is 3.92. The molecule has 2 nitrogen and oxygen atoms in total. The van der Waals surface area contributed by atoms with Crippen molar-refractivity contribution < 1.29 is 4.74 Å². The van der Waals surface area contributed by atoms with Gasteiger partial charge in [-0.1, -0.05) is 54.1 Å². The fraction of sp³-hybridized carbons (Fsp3) is 0.300. The Balaban J connectivity index is 1.81. The minimum Gasteiger partial charge on any atom is -0.494 e. The lowest BCUT2D eigenvalue weighted by atomic mass is 9.77. The fourth-order valence-corrected chi connectivity index (χ4v) is 4.15. The zero-order valence-electron chi connectivity index (χ0n) is 13.1. The molecule has 0 saturated heterocycles. The second kappa shape index (κ2) is 5.93. The van der Waals surface area contributed by atoms with Gasteiger partial charge in [-0.3, -0.25) is 0 Å². The molecule has 2 aromatic carbocycles. The van der Waals surface area contributed by atoms with Crippen LogP contribution >= 0.6 is 11.6 Å². The highest BCUT2D eigenvalue weighted by molar-refractivity contribution is 6.33. The second-order valence-corrected chi connectivity index (χ2v) is 6.56. The molecule has 1 aliphatic carbocycles. The van der Waals surface area contributed by atoms with Gasteiger partial charge in [0.25, 0.3) is 0 Å². The topological polar surface area (TPSA) is 21.3 Å². The number of benzene rings is 2. The Morgan fingerprint density at radius 2 is 1.96 bits per heavy atom. The summed E-state index contributed by atoms with van der Waals surface area (Å²) < 4.78 is 5.86. The molecule has 2 aromatic rings. The maximum atomic E-state index is 6.47. The van der Waals surface area contributed by atoms with E-state index in [2.05, 4.69) is 41.7 Å². The Labute approximate surface area is 142 Å². The Morgan fingerprint density at radius 3 is 2.83 bits per heavy atom. The van der Waals surface area contributed by atoms with Gasteiger partial charge in [-0.2, -0.15) is 0 Å². The van der Waals surface area contributed by atoms with Gasteiger partial charge >= 0.3 is 0 Å². The quantitative estimate of drug-likeness (QED) is 0.745. The molecule has 0 spiro atoms. The molecule has 2 aliphatic rings. The summed E-state index contributed by atoms with van der Waals surface area (Å²) >= 11 is 6.47. The van der Waals surface area contributed by atoms with Crippen molar-refractivity contribution in [3.8, 4) is 5.75 Å². The molecule has 3 heteroatoms. The third kappa shape index (κ3) is 2.42. The number of hydrogen-bond donors (Lipinski definition) is 1. The van der Waals surface area contributed by atoms with Crippen molar-refractivity contribution in [1.82, 2.24) is 0 Å². The number of rotatable bonds is 3. The number of fused-ring (bicyclic) bond motifs is 3. The average Bonchev–Trinajstić information content (AvgIpc) is 3.06. The van der Waals surface area contributed by atoms with E-state index in [4.69, 9.17) is 16.3 Å². The van der Waals surface area contributed by atoms with E-state index in [1.54, 1.807) is 0 Å². The number of allylic oxidation sites excluding steroid dienone is 2. The molecule has 0 amide bonds. The van der Waals surface area contributed by atoms with Gasteiger partial charge < -0.3 is 10.1 Å². The molecule has 118 valence electrons. The first kappa shape index (κ1) is 14.6. The third-order valence-electron chi connectivity index (χ3n) is 4.90. The van der Waals surface area contributed by atoms with E-state index in [9.17, 15) is 0 Å². The average molecular weight is 326 g/mol. The van der Waals surface area contributed by atoms with E-state index in [0.717, 1.165) is 22.9 Å². The molecule has 1 N–H and O–H groups in total. The first-order valence-electron chi connectivity index (χ1n) is 8.23. The molecule has 1 aliphatic heterocycles. The minimum absolute atomic E-state index is 0.213. The van der Waals surface area contributed by atoms with Gasteiger partial charge in [-0.05, 0) is 37.0 Å². The van der Waals surface area contributed by atoms with Crippen LogP contribution in [-0.2, 0) is 0 Å². The Morgan fingerprint density at radius 1 is 1.13 bits per heavy atom. The molecule has 0 aromatic heterocycles. The first-order valence-corrected chi connectivity index (χ1v) is 8.60. The van der Waals surface area contributed by atoms with Crippen LogP contribution in [0.4, 0.5) is 5.69 Å². The number of nitrogens with one attached hydrogen (secondary N) is 1. The van der Waals surface area contributed by atoms with Crippen LogP contribution in [0.3, 0.4) is 0 Å². The Hall–Kier alpha value is -1.93. The lowest BCUT2D eigenvalue weighted by Crippen LogP contribution is -2.29. The molecule has 0 radical (unpaired) electrons. The third-order valence-corrected chi connectivity index (χ3v) is 5.21. The van der Waals surface area contributed by atoms with Gasteiger partial charge in [0.05, 0.1) is 23.4 Å². The summed E-state index contributed by atoms with van der Waals surface area (Å²) in [4.78, 5) is 0. The van der Waals surface area contributed by atoms with Gasteiger partial charge in [-0.15, -0.1) is 0 Å². The van der Waals surface area contributed by atoms with Gasteiger partial charge in [-0.25, -0.2) is 0 Å². The van der Waals surface area contributed by atoms with Crippen LogP contribution in [0.15, 0.2) is 54.6 Å². The van der Waals surface area contributed by atoms with E-state index < -0.39 is 0 Å². The molecule has 3 atom stereocenters. The van der Waals surface area contributed by atoms with E-state index >= 15 is 0 Å². The normalized spacial score (nSPS) is 24.7. The highest BCUT2D eigenvalue weighted by Crippen LogP contribution is 2.52. The smallest absolute Gasteiger partial charge is 0.124 e. The van der Waals surface area contributed by atoms with Gasteiger partial charge in [0.15, 0.2) is 0 Å². The summed E-state index contributed by atoms with van der Waals surface area (Å²) in [5.41, 5.74) is 3.60. The van der Waals surface area contributed by atoms with Crippen LogP contribution in [0.25, 0.3) is 0 Å². The molecule has 1 heterocycles. The molecule has 0 fully saturated rings. The number of ether oxygens (including phenoxy) is 1. The van der Waals surface area contributed by atoms with Crippen LogP contribution in [0.1, 0.15) is 36.4 Å². The van der Waals surface area contributed by atoms with Crippen molar-refractivity contribution in [3.05, 3.63) is 70.8 Å². The molecule has 4 rings (SSSR count). The lowest BCUT2D eigenvalue weighted by Gasteiger charge is -2.38. The van der Waals surface area contributed by atoms with E-state index in [0.29, 0.717) is 18.4 Å². The van der Waals surface area contributed by atoms with Crippen molar-refractivity contribution in [2.24, 2.45) is 5.92 Å². The highest BCUT2D eigenvalue weighted by Gasteiger charge is 2.39. The zero-order chi connectivity index (χ0) is 15.8. The van der Waals surface area contributed by atoms with Crippen molar-refractivity contribution in [1.29, 1.82) is 0 Å². The van der Waals surface area contributed by atoms with Gasteiger partial charge in [0.1, 0.15) is 5.75 Å². The number of anilines is 1. The van der Waals surface area contributed by atoms with E-state index in [-0.39, 0.29) is 6.04 Å². The maximum absolute atomic E-state index is 6.47. The van der Waals surface area contributed by atoms with Crippen LogP contribution in [0.5, 0.6) is 5.75 Å². The van der Waals surface area contributed by atoms with Crippen molar-refractivity contribution in [3.63, 3.8) is 0 Å². The largest absolute Gasteiger partial charge is 0.494 e. The first-order chi connectivity index (χ1) is 11.3. The summed E-state index contributed by atoms with van der Waals surface area (Å²) in [6, 6.07) is 14.7. The summed E-state index contributed by atoms with van der Waals surface area (Å²) in [5.74, 6) is 1.89. The molecule has 0 bridgehead atoms. The predicted molar refractivity (Wildman–Crippen MR) is 95.4 cm³/mol. The molecular weight excluding hydrogens is 306 g/mol. The summed E-state index contributed by atoms with van der Waals surface area (Å²) in [6.45, 7) is 2.70. The summed E-state index contributed by atoms with van der Waals surface area (Å²) in [6.07, 6.45) is 5.70. The number of halogens is 1. The van der Waals surface area contributed by atoms with Crippen LogP contribution in [-0.4, -0.2) is 6.61 Å².